The minimum atomic E-state index is -0.0419. The van der Waals surface area contributed by atoms with Gasteiger partial charge in [0.1, 0.15) is 0 Å². The maximum atomic E-state index is 12.9. The summed E-state index contributed by atoms with van der Waals surface area (Å²) in [6, 6.07) is 9.79. The zero-order valence-electron chi connectivity index (χ0n) is 11.7. The summed E-state index contributed by atoms with van der Waals surface area (Å²) in [5, 5.41) is 0. The number of nitrogen functional groups attached to an aromatic ring is 1. The highest BCUT2D eigenvalue weighted by molar-refractivity contribution is 6.09. The highest BCUT2D eigenvalue weighted by Crippen LogP contribution is 2.28. The van der Waals surface area contributed by atoms with Gasteiger partial charge in [-0.1, -0.05) is 18.2 Å². The molecule has 0 aliphatic carbocycles. The molecule has 0 bridgehead atoms. The summed E-state index contributed by atoms with van der Waals surface area (Å²) in [6.45, 7) is 0.724. The van der Waals surface area contributed by atoms with Gasteiger partial charge in [-0.2, -0.15) is 0 Å². The van der Waals surface area contributed by atoms with Crippen LogP contribution in [-0.4, -0.2) is 17.4 Å². The minimum Gasteiger partial charge on any atom is -0.322 e. The van der Waals surface area contributed by atoms with Gasteiger partial charge in [0.25, 0.3) is 5.91 Å². The average Bonchev–Trinajstić information content (AvgIpc) is 2.76. The van der Waals surface area contributed by atoms with Crippen LogP contribution in [0.2, 0.25) is 0 Å². The Morgan fingerprint density at radius 1 is 1.24 bits per heavy atom. The molecule has 108 valence electrons. The van der Waals surface area contributed by atoms with Crippen LogP contribution in [0.15, 0.2) is 42.7 Å². The lowest BCUT2D eigenvalue weighted by Gasteiger charge is -2.23. The van der Waals surface area contributed by atoms with Crippen LogP contribution in [0, 0.1) is 0 Å². The largest absolute Gasteiger partial charge is 0.322 e. The maximum Gasteiger partial charge on any atom is 0.260 e. The summed E-state index contributed by atoms with van der Waals surface area (Å²) < 4.78 is 0. The first-order chi connectivity index (χ1) is 10.3. The van der Waals surface area contributed by atoms with Crippen LogP contribution >= 0.6 is 0 Å². The van der Waals surface area contributed by atoms with Crippen LogP contribution in [0.25, 0.3) is 0 Å². The van der Waals surface area contributed by atoms with Crippen molar-refractivity contribution in [3.8, 4) is 0 Å². The number of carbonyl (C=O) groups excluding carboxylic acids is 1. The number of anilines is 2. The van der Waals surface area contributed by atoms with Crippen molar-refractivity contribution in [1.29, 1.82) is 0 Å². The number of nitrogens with zero attached hydrogens (tertiary/aromatic N) is 2. The van der Waals surface area contributed by atoms with E-state index in [1.165, 1.54) is 5.56 Å². The predicted molar refractivity (Wildman–Crippen MR) is 83.1 cm³/mol. The van der Waals surface area contributed by atoms with E-state index in [0.29, 0.717) is 11.3 Å². The Morgan fingerprint density at radius 3 is 2.95 bits per heavy atom. The standard InChI is InChI=1S/C16H18N4O/c17-19-14-11-18-9-8-13(14)16(21)20-10-4-3-6-12-5-1-2-7-15(12)20/h1-2,5,7-9,11,19H,3-4,6,10,17H2. The molecule has 2 aromatic rings. The number of benzene rings is 1. The van der Waals surface area contributed by atoms with Crippen molar-refractivity contribution in [1.82, 2.24) is 4.98 Å². The number of hydrazine groups is 1. The Kier molecular flexibility index (Phi) is 3.83. The first-order valence-electron chi connectivity index (χ1n) is 7.11. The predicted octanol–water partition coefficient (Wildman–Crippen LogP) is 2.35. The van der Waals surface area contributed by atoms with Gasteiger partial charge in [0.05, 0.1) is 17.4 Å². The van der Waals surface area contributed by atoms with Gasteiger partial charge in [0, 0.05) is 18.4 Å². The quantitative estimate of drug-likeness (QED) is 0.655. The molecule has 21 heavy (non-hydrogen) atoms. The minimum absolute atomic E-state index is 0.0419. The number of pyridine rings is 1. The number of nitrogens with one attached hydrogen (secondary N) is 1. The molecule has 3 rings (SSSR count). The lowest BCUT2D eigenvalue weighted by molar-refractivity contribution is 0.0987. The number of hydrogen-bond acceptors (Lipinski definition) is 4. The highest BCUT2D eigenvalue weighted by atomic mass is 16.2. The number of amides is 1. The van der Waals surface area contributed by atoms with E-state index in [1.807, 2.05) is 23.1 Å². The maximum absolute atomic E-state index is 12.9. The molecular formula is C16H18N4O. The van der Waals surface area contributed by atoms with Gasteiger partial charge < -0.3 is 10.3 Å². The van der Waals surface area contributed by atoms with E-state index in [1.54, 1.807) is 18.5 Å². The molecule has 0 fully saturated rings. The van der Waals surface area contributed by atoms with Crippen molar-refractivity contribution in [2.45, 2.75) is 19.3 Å². The summed E-state index contributed by atoms with van der Waals surface area (Å²) in [6.07, 6.45) is 6.28. The van der Waals surface area contributed by atoms with Crippen molar-refractivity contribution in [2.75, 3.05) is 16.9 Å². The molecule has 0 spiro atoms. The molecular weight excluding hydrogens is 264 g/mol. The van der Waals surface area contributed by atoms with E-state index < -0.39 is 0 Å². The van der Waals surface area contributed by atoms with Gasteiger partial charge in [-0.05, 0) is 37.0 Å². The van der Waals surface area contributed by atoms with Crippen LogP contribution in [0.3, 0.4) is 0 Å². The molecule has 5 nitrogen and oxygen atoms in total. The molecule has 0 saturated heterocycles. The van der Waals surface area contributed by atoms with Gasteiger partial charge in [-0.15, -0.1) is 0 Å². The summed E-state index contributed by atoms with van der Waals surface area (Å²) in [7, 11) is 0. The van der Waals surface area contributed by atoms with Crippen molar-refractivity contribution < 1.29 is 4.79 Å². The van der Waals surface area contributed by atoms with Gasteiger partial charge in [-0.3, -0.25) is 15.6 Å². The number of aromatic nitrogens is 1. The highest BCUT2D eigenvalue weighted by Gasteiger charge is 2.23. The molecule has 1 aliphatic rings. The molecule has 1 aromatic heterocycles. The number of fused-ring (bicyclic) bond motifs is 1. The van der Waals surface area contributed by atoms with Gasteiger partial charge in [-0.25, -0.2) is 0 Å². The molecule has 5 heteroatoms. The number of hydrogen-bond donors (Lipinski definition) is 2. The van der Waals surface area contributed by atoms with E-state index in [4.69, 9.17) is 5.84 Å². The van der Waals surface area contributed by atoms with E-state index in [9.17, 15) is 4.79 Å². The van der Waals surface area contributed by atoms with Gasteiger partial charge in [0.15, 0.2) is 0 Å². The summed E-state index contributed by atoms with van der Waals surface area (Å²) in [4.78, 5) is 18.7. The lowest BCUT2D eigenvalue weighted by Crippen LogP contribution is -2.32. The Balaban J connectivity index is 2.01. The summed E-state index contributed by atoms with van der Waals surface area (Å²) >= 11 is 0. The van der Waals surface area contributed by atoms with Gasteiger partial charge >= 0.3 is 0 Å². The van der Waals surface area contributed by atoms with Gasteiger partial charge in [0.2, 0.25) is 0 Å². The van der Waals surface area contributed by atoms with E-state index in [2.05, 4.69) is 16.5 Å². The Labute approximate surface area is 123 Å². The zero-order valence-corrected chi connectivity index (χ0v) is 11.7. The molecule has 1 amide bonds. The summed E-state index contributed by atoms with van der Waals surface area (Å²) in [5.74, 6) is 5.44. The second-order valence-corrected chi connectivity index (χ2v) is 5.11. The fourth-order valence-corrected chi connectivity index (χ4v) is 2.74. The van der Waals surface area contributed by atoms with Crippen molar-refractivity contribution in [3.05, 3.63) is 53.9 Å². The van der Waals surface area contributed by atoms with Crippen molar-refractivity contribution >= 4 is 17.3 Å². The Bertz CT molecular complexity index is 656. The first-order valence-corrected chi connectivity index (χ1v) is 7.11. The normalized spacial score (nSPS) is 14.2. The molecule has 3 N–H and O–H groups in total. The van der Waals surface area contributed by atoms with Crippen LogP contribution in [0.5, 0.6) is 0 Å². The van der Waals surface area contributed by atoms with Crippen LogP contribution in [0.1, 0.15) is 28.8 Å². The van der Waals surface area contributed by atoms with E-state index in [0.717, 1.165) is 31.5 Å². The third kappa shape index (κ3) is 2.60. The zero-order chi connectivity index (χ0) is 14.7. The van der Waals surface area contributed by atoms with Crippen LogP contribution in [0.4, 0.5) is 11.4 Å². The lowest BCUT2D eigenvalue weighted by atomic mass is 10.1. The molecule has 1 aliphatic heterocycles. The van der Waals surface area contributed by atoms with Crippen LogP contribution < -0.4 is 16.2 Å². The second-order valence-electron chi connectivity index (χ2n) is 5.11. The molecule has 0 saturated carbocycles. The first kappa shape index (κ1) is 13.6. The molecule has 2 heterocycles. The van der Waals surface area contributed by atoms with Crippen molar-refractivity contribution in [3.63, 3.8) is 0 Å². The monoisotopic (exact) mass is 282 g/mol. The molecule has 0 unspecified atom stereocenters. The van der Waals surface area contributed by atoms with Crippen LogP contribution in [-0.2, 0) is 6.42 Å². The molecule has 1 aromatic carbocycles. The fourth-order valence-electron chi connectivity index (χ4n) is 2.74. The number of para-hydroxylation sites is 1. The third-order valence-corrected chi connectivity index (χ3v) is 3.81. The Hall–Kier alpha value is -2.40. The second kappa shape index (κ2) is 5.93. The number of nitrogens with two attached hydrogens (primary N) is 1. The SMILES string of the molecule is NNc1cnccc1C(=O)N1CCCCc2ccccc21. The topological polar surface area (TPSA) is 71.2 Å². The average molecular weight is 282 g/mol. The van der Waals surface area contributed by atoms with E-state index in [-0.39, 0.29) is 5.91 Å². The Morgan fingerprint density at radius 2 is 2.10 bits per heavy atom. The number of aryl methyl sites for hydroxylation is 1. The number of carbonyl (C=O) groups is 1. The smallest absolute Gasteiger partial charge is 0.260 e. The van der Waals surface area contributed by atoms with Crippen molar-refractivity contribution in [2.24, 2.45) is 5.84 Å². The molecule has 0 atom stereocenters. The van der Waals surface area contributed by atoms with E-state index >= 15 is 0 Å². The molecule has 0 radical (unpaired) electrons. The summed E-state index contributed by atoms with van der Waals surface area (Å²) in [5.41, 5.74) is 5.86. The third-order valence-electron chi connectivity index (χ3n) is 3.81. The number of rotatable bonds is 2. The fraction of sp³-hybridized carbons (Fsp3) is 0.250.